The van der Waals surface area contributed by atoms with Gasteiger partial charge in [0.25, 0.3) is 0 Å². The maximum absolute atomic E-state index is 11.9. The Labute approximate surface area is 113 Å². The number of allylic oxidation sites excluding steroid dienone is 1. The first-order valence-electron chi connectivity index (χ1n) is 6.26. The normalized spacial score (nSPS) is 10.6. The second-order valence-electron chi connectivity index (χ2n) is 4.58. The second kappa shape index (κ2) is 6.01. The number of aryl methyl sites for hydroxylation is 2. The molecular formula is C17H17NO. The molecule has 2 aromatic carbocycles. The molecule has 19 heavy (non-hydrogen) atoms. The first kappa shape index (κ1) is 13.1. The first-order chi connectivity index (χ1) is 9.15. The summed E-state index contributed by atoms with van der Waals surface area (Å²) < 4.78 is 0. The molecular weight excluding hydrogens is 234 g/mol. The molecule has 0 amide bonds. The van der Waals surface area contributed by atoms with Crippen LogP contribution in [0.3, 0.4) is 0 Å². The highest BCUT2D eigenvalue weighted by atomic mass is 16.1. The van der Waals surface area contributed by atoms with Gasteiger partial charge in [-0.3, -0.25) is 4.79 Å². The number of hydrogen-bond acceptors (Lipinski definition) is 2. The molecule has 2 nitrogen and oxygen atoms in total. The van der Waals surface area contributed by atoms with Crippen LogP contribution in [0.15, 0.2) is 60.8 Å². The van der Waals surface area contributed by atoms with Crippen LogP contribution in [0.25, 0.3) is 0 Å². The maximum Gasteiger partial charge on any atom is 0.187 e. The third-order valence-electron chi connectivity index (χ3n) is 2.84. The third-order valence-corrected chi connectivity index (χ3v) is 2.84. The van der Waals surface area contributed by atoms with E-state index in [0.29, 0.717) is 5.56 Å². The molecule has 0 spiro atoms. The Bertz CT molecular complexity index is 597. The van der Waals surface area contributed by atoms with E-state index >= 15 is 0 Å². The van der Waals surface area contributed by atoms with Gasteiger partial charge < -0.3 is 5.32 Å². The fourth-order valence-electron chi connectivity index (χ4n) is 1.76. The van der Waals surface area contributed by atoms with Crippen molar-refractivity contribution in [1.82, 2.24) is 0 Å². The minimum Gasteiger partial charge on any atom is -0.362 e. The van der Waals surface area contributed by atoms with Crippen LogP contribution in [0.2, 0.25) is 0 Å². The summed E-state index contributed by atoms with van der Waals surface area (Å²) in [5, 5.41) is 3.10. The van der Waals surface area contributed by atoms with Crippen molar-refractivity contribution in [3.05, 3.63) is 77.5 Å². The van der Waals surface area contributed by atoms with Crippen LogP contribution in [-0.4, -0.2) is 5.78 Å². The quantitative estimate of drug-likeness (QED) is 0.654. The monoisotopic (exact) mass is 251 g/mol. The SMILES string of the molecule is Cc1ccc(C(=O)C=CNc2cccc(C)c2)cc1. The summed E-state index contributed by atoms with van der Waals surface area (Å²) >= 11 is 0. The van der Waals surface area contributed by atoms with Crippen LogP contribution < -0.4 is 5.32 Å². The van der Waals surface area contributed by atoms with E-state index in [2.05, 4.69) is 5.32 Å². The summed E-state index contributed by atoms with van der Waals surface area (Å²) in [6.07, 6.45) is 3.23. The summed E-state index contributed by atoms with van der Waals surface area (Å²) in [6, 6.07) is 15.6. The van der Waals surface area contributed by atoms with Gasteiger partial charge in [-0.25, -0.2) is 0 Å². The van der Waals surface area contributed by atoms with Crippen LogP contribution in [0.5, 0.6) is 0 Å². The van der Waals surface area contributed by atoms with E-state index in [9.17, 15) is 4.79 Å². The van der Waals surface area contributed by atoms with Crippen molar-refractivity contribution in [3.63, 3.8) is 0 Å². The van der Waals surface area contributed by atoms with Gasteiger partial charge >= 0.3 is 0 Å². The highest BCUT2D eigenvalue weighted by Crippen LogP contribution is 2.09. The molecule has 0 unspecified atom stereocenters. The molecule has 0 aromatic heterocycles. The van der Waals surface area contributed by atoms with Crippen molar-refractivity contribution < 1.29 is 4.79 Å². The Hall–Kier alpha value is -2.35. The number of hydrogen-bond donors (Lipinski definition) is 1. The molecule has 2 heteroatoms. The Balaban J connectivity index is 1.99. The molecule has 0 aliphatic heterocycles. The fourth-order valence-corrected chi connectivity index (χ4v) is 1.76. The van der Waals surface area contributed by atoms with Gasteiger partial charge in [0.1, 0.15) is 0 Å². The molecule has 0 aliphatic carbocycles. The van der Waals surface area contributed by atoms with Crippen molar-refractivity contribution >= 4 is 11.5 Å². The maximum atomic E-state index is 11.9. The van der Waals surface area contributed by atoms with Crippen molar-refractivity contribution in [2.75, 3.05) is 5.32 Å². The predicted octanol–water partition coefficient (Wildman–Crippen LogP) is 4.11. The van der Waals surface area contributed by atoms with Crippen molar-refractivity contribution in [2.45, 2.75) is 13.8 Å². The van der Waals surface area contributed by atoms with E-state index in [4.69, 9.17) is 0 Å². The Morgan fingerprint density at radius 2 is 1.74 bits per heavy atom. The molecule has 0 heterocycles. The highest BCUT2D eigenvalue weighted by molar-refractivity contribution is 6.04. The number of rotatable bonds is 4. The largest absolute Gasteiger partial charge is 0.362 e. The van der Waals surface area contributed by atoms with Gasteiger partial charge in [0.15, 0.2) is 5.78 Å². The molecule has 96 valence electrons. The molecule has 0 radical (unpaired) electrons. The number of anilines is 1. The van der Waals surface area contributed by atoms with Crippen LogP contribution in [-0.2, 0) is 0 Å². The van der Waals surface area contributed by atoms with Gasteiger partial charge in [-0.2, -0.15) is 0 Å². The zero-order valence-corrected chi connectivity index (χ0v) is 11.2. The van der Waals surface area contributed by atoms with Crippen LogP contribution in [0, 0.1) is 13.8 Å². The molecule has 0 bridgehead atoms. The van der Waals surface area contributed by atoms with Crippen LogP contribution in [0.4, 0.5) is 5.69 Å². The summed E-state index contributed by atoms with van der Waals surface area (Å²) in [6.45, 7) is 4.04. The lowest BCUT2D eigenvalue weighted by molar-refractivity contribution is 0.104. The van der Waals surface area contributed by atoms with E-state index in [-0.39, 0.29) is 5.78 Å². The number of carbonyl (C=O) groups is 1. The van der Waals surface area contributed by atoms with Gasteiger partial charge in [-0.15, -0.1) is 0 Å². The zero-order valence-electron chi connectivity index (χ0n) is 11.2. The molecule has 0 aliphatic rings. The predicted molar refractivity (Wildman–Crippen MR) is 79.5 cm³/mol. The van der Waals surface area contributed by atoms with E-state index in [1.54, 1.807) is 12.3 Å². The molecule has 0 atom stereocenters. The van der Waals surface area contributed by atoms with Gasteiger partial charge in [-0.1, -0.05) is 42.0 Å². The fraction of sp³-hybridized carbons (Fsp3) is 0.118. The van der Waals surface area contributed by atoms with Gasteiger partial charge in [0.2, 0.25) is 0 Å². The van der Waals surface area contributed by atoms with Crippen molar-refractivity contribution in [3.8, 4) is 0 Å². The molecule has 2 rings (SSSR count). The smallest absolute Gasteiger partial charge is 0.187 e. The zero-order chi connectivity index (χ0) is 13.7. The second-order valence-corrected chi connectivity index (χ2v) is 4.58. The van der Waals surface area contributed by atoms with Gasteiger partial charge in [0, 0.05) is 23.5 Å². The number of carbonyl (C=O) groups excluding carboxylic acids is 1. The molecule has 2 aromatic rings. The number of ketones is 1. The number of benzene rings is 2. The summed E-state index contributed by atoms with van der Waals surface area (Å²) in [5.41, 5.74) is 4.02. The van der Waals surface area contributed by atoms with E-state index in [1.165, 1.54) is 5.56 Å². The average molecular weight is 251 g/mol. The Morgan fingerprint density at radius 3 is 2.42 bits per heavy atom. The number of nitrogens with one attached hydrogen (secondary N) is 1. The van der Waals surface area contributed by atoms with Crippen molar-refractivity contribution in [2.24, 2.45) is 0 Å². The third kappa shape index (κ3) is 3.81. The lowest BCUT2D eigenvalue weighted by atomic mass is 10.1. The van der Waals surface area contributed by atoms with E-state index < -0.39 is 0 Å². The van der Waals surface area contributed by atoms with Crippen LogP contribution in [0.1, 0.15) is 21.5 Å². The average Bonchev–Trinajstić information content (AvgIpc) is 2.39. The Kier molecular flexibility index (Phi) is 4.14. The van der Waals surface area contributed by atoms with Gasteiger partial charge in [0.05, 0.1) is 0 Å². The standard InChI is InChI=1S/C17H17NO/c1-13-6-8-15(9-7-13)17(19)10-11-18-16-5-3-4-14(2)12-16/h3-12,18H,1-2H3. The summed E-state index contributed by atoms with van der Waals surface area (Å²) in [7, 11) is 0. The lowest BCUT2D eigenvalue weighted by Gasteiger charge is -2.01. The van der Waals surface area contributed by atoms with Gasteiger partial charge in [-0.05, 0) is 31.5 Å². The van der Waals surface area contributed by atoms with Crippen LogP contribution >= 0.6 is 0 Å². The first-order valence-corrected chi connectivity index (χ1v) is 6.26. The summed E-state index contributed by atoms with van der Waals surface area (Å²) in [5.74, 6) is 0.000142. The molecule has 0 saturated carbocycles. The summed E-state index contributed by atoms with van der Waals surface area (Å²) in [4.78, 5) is 11.9. The lowest BCUT2D eigenvalue weighted by Crippen LogP contribution is -1.96. The highest BCUT2D eigenvalue weighted by Gasteiger charge is 1.99. The minimum atomic E-state index is 0.000142. The Morgan fingerprint density at radius 1 is 1.00 bits per heavy atom. The van der Waals surface area contributed by atoms with Crippen molar-refractivity contribution in [1.29, 1.82) is 0 Å². The minimum absolute atomic E-state index is 0.000142. The molecule has 0 fully saturated rings. The van der Waals surface area contributed by atoms with E-state index in [1.807, 2.05) is 62.4 Å². The van der Waals surface area contributed by atoms with E-state index in [0.717, 1.165) is 11.3 Å². The topological polar surface area (TPSA) is 29.1 Å². The molecule has 1 N–H and O–H groups in total. The molecule has 0 saturated heterocycles.